The van der Waals surface area contributed by atoms with Gasteiger partial charge in [0.15, 0.2) is 0 Å². The first kappa shape index (κ1) is 13.3. The van der Waals surface area contributed by atoms with E-state index in [0.717, 1.165) is 22.4 Å². The van der Waals surface area contributed by atoms with Crippen molar-refractivity contribution in [3.05, 3.63) is 63.1 Å². The number of halogens is 2. The van der Waals surface area contributed by atoms with Crippen molar-refractivity contribution in [2.75, 3.05) is 0 Å². The van der Waals surface area contributed by atoms with Crippen LogP contribution in [0.1, 0.15) is 16.7 Å². The first-order chi connectivity index (χ1) is 8.59. The van der Waals surface area contributed by atoms with Crippen LogP contribution in [0.2, 0.25) is 10.0 Å². The summed E-state index contributed by atoms with van der Waals surface area (Å²) in [5.41, 5.74) is 3.04. The van der Waals surface area contributed by atoms with Gasteiger partial charge in [-0.2, -0.15) is 0 Å². The van der Waals surface area contributed by atoms with E-state index in [1.54, 1.807) is 0 Å². The van der Waals surface area contributed by atoms with E-state index in [9.17, 15) is 0 Å². The summed E-state index contributed by atoms with van der Waals surface area (Å²) in [7, 11) is 0. The number of aryl methyl sites for hydroxylation is 2. The summed E-state index contributed by atoms with van der Waals surface area (Å²) in [5.74, 6) is 0.897. The second kappa shape index (κ2) is 5.64. The Balaban J connectivity index is 2.22. The van der Waals surface area contributed by atoms with Crippen LogP contribution >= 0.6 is 23.2 Å². The molecule has 2 rings (SSSR count). The third kappa shape index (κ3) is 2.80. The second-order valence-corrected chi connectivity index (χ2v) is 5.02. The third-order valence-corrected chi connectivity index (χ3v) is 3.54. The molecule has 0 radical (unpaired) electrons. The molecule has 0 unspecified atom stereocenters. The highest BCUT2D eigenvalue weighted by Gasteiger charge is 2.08. The monoisotopic (exact) mass is 280 g/mol. The number of rotatable bonds is 3. The van der Waals surface area contributed by atoms with Gasteiger partial charge in [-0.1, -0.05) is 47.5 Å². The number of ether oxygens (including phenoxy) is 1. The van der Waals surface area contributed by atoms with Crippen molar-refractivity contribution in [3.63, 3.8) is 0 Å². The molecule has 0 saturated carbocycles. The lowest BCUT2D eigenvalue weighted by molar-refractivity contribution is 0.302. The Hall–Kier alpha value is -1.18. The smallest absolute Gasteiger partial charge is 0.125 e. The highest BCUT2D eigenvalue weighted by Crippen LogP contribution is 2.28. The zero-order valence-corrected chi connectivity index (χ0v) is 11.8. The van der Waals surface area contributed by atoms with Gasteiger partial charge >= 0.3 is 0 Å². The van der Waals surface area contributed by atoms with Crippen LogP contribution in [-0.4, -0.2) is 0 Å². The minimum absolute atomic E-state index is 0.379. The lowest BCUT2D eigenvalue weighted by Crippen LogP contribution is -2.00. The van der Waals surface area contributed by atoms with Crippen molar-refractivity contribution in [2.24, 2.45) is 0 Å². The lowest BCUT2D eigenvalue weighted by Gasteiger charge is -2.13. The topological polar surface area (TPSA) is 9.23 Å². The fourth-order valence-electron chi connectivity index (χ4n) is 1.84. The molecule has 0 aromatic heterocycles. The van der Waals surface area contributed by atoms with Crippen LogP contribution in [0.3, 0.4) is 0 Å². The van der Waals surface area contributed by atoms with Gasteiger partial charge in [0.2, 0.25) is 0 Å². The summed E-state index contributed by atoms with van der Waals surface area (Å²) in [4.78, 5) is 0. The molecule has 0 aliphatic rings. The Morgan fingerprint density at radius 2 is 1.39 bits per heavy atom. The fourth-order valence-corrected chi connectivity index (χ4v) is 2.35. The molecule has 2 aromatic carbocycles. The molecule has 94 valence electrons. The standard InChI is InChI=1S/C15H14Cl2O/c1-10-5-3-6-11(2)15(10)18-9-12-13(16)7-4-8-14(12)17/h3-8H,9H2,1-2H3. The number of para-hydroxylation sites is 1. The maximum atomic E-state index is 6.11. The normalized spacial score (nSPS) is 10.4. The van der Waals surface area contributed by atoms with Gasteiger partial charge in [0, 0.05) is 15.6 Å². The number of hydrogen-bond acceptors (Lipinski definition) is 1. The van der Waals surface area contributed by atoms with E-state index >= 15 is 0 Å². The third-order valence-electron chi connectivity index (χ3n) is 2.83. The minimum atomic E-state index is 0.379. The molecule has 0 aliphatic heterocycles. The molecule has 0 saturated heterocycles. The first-order valence-corrected chi connectivity index (χ1v) is 6.47. The SMILES string of the molecule is Cc1cccc(C)c1OCc1c(Cl)cccc1Cl. The Morgan fingerprint density at radius 3 is 1.94 bits per heavy atom. The Kier molecular flexibility index (Phi) is 4.15. The summed E-state index contributed by atoms with van der Waals surface area (Å²) < 4.78 is 5.85. The molecular weight excluding hydrogens is 267 g/mol. The van der Waals surface area contributed by atoms with Gasteiger partial charge < -0.3 is 4.74 Å². The van der Waals surface area contributed by atoms with Crippen LogP contribution in [0.4, 0.5) is 0 Å². The molecule has 18 heavy (non-hydrogen) atoms. The molecule has 0 fully saturated rings. The summed E-state index contributed by atoms with van der Waals surface area (Å²) in [6.45, 7) is 4.43. The molecule has 0 amide bonds. The van der Waals surface area contributed by atoms with E-state index in [-0.39, 0.29) is 0 Å². The average Bonchev–Trinajstić information content (AvgIpc) is 2.31. The summed E-state index contributed by atoms with van der Waals surface area (Å²) in [6.07, 6.45) is 0. The first-order valence-electron chi connectivity index (χ1n) is 5.71. The van der Waals surface area contributed by atoms with Gasteiger partial charge in [-0.25, -0.2) is 0 Å². The van der Waals surface area contributed by atoms with Gasteiger partial charge in [0.25, 0.3) is 0 Å². The second-order valence-electron chi connectivity index (χ2n) is 4.21. The van der Waals surface area contributed by atoms with Crippen molar-refractivity contribution in [1.29, 1.82) is 0 Å². The van der Waals surface area contributed by atoms with Crippen LogP contribution in [-0.2, 0) is 6.61 Å². The molecule has 0 N–H and O–H groups in total. The molecule has 0 atom stereocenters. The van der Waals surface area contributed by atoms with Crippen LogP contribution in [0.25, 0.3) is 0 Å². The lowest BCUT2D eigenvalue weighted by atomic mass is 10.1. The molecule has 2 aromatic rings. The molecule has 3 heteroatoms. The zero-order valence-electron chi connectivity index (χ0n) is 10.3. The van der Waals surface area contributed by atoms with Crippen molar-refractivity contribution in [2.45, 2.75) is 20.5 Å². The number of benzene rings is 2. The van der Waals surface area contributed by atoms with Crippen molar-refractivity contribution < 1.29 is 4.74 Å². The van der Waals surface area contributed by atoms with E-state index in [4.69, 9.17) is 27.9 Å². The Morgan fingerprint density at radius 1 is 0.889 bits per heavy atom. The highest BCUT2D eigenvalue weighted by molar-refractivity contribution is 6.35. The molecular formula is C15H14Cl2O. The van der Waals surface area contributed by atoms with Gasteiger partial charge in [-0.05, 0) is 37.1 Å². The van der Waals surface area contributed by atoms with Crippen LogP contribution < -0.4 is 4.74 Å². The van der Waals surface area contributed by atoms with E-state index in [1.165, 1.54) is 0 Å². The zero-order chi connectivity index (χ0) is 13.1. The Bertz CT molecular complexity index is 472. The van der Waals surface area contributed by atoms with E-state index in [2.05, 4.69) is 0 Å². The molecule has 0 heterocycles. The van der Waals surface area contributed by atoms with Crippen molar-refractivity contribution in [1.82, 2.24) is 0 Å². The van der Waals surface area contributed by atoms with Gasteiger partial charge in [-0.3, -0.25) is 0 Å². The van der Waals surface area contributed by atoms with Crippen LogP contribution in [0.15, 0.2) is 36.4 Å². The molecule has 1 nitrogen and oxygen atoms in total. The van der Waals surface area contributed by atoms with Crippen LogP contribution in [0, 0.1) is 13.8 Å². The molecule has 0 bridgehead atoms. The summed E-state index contributed by atoms with van der Waals surface area (Å²) in [5, 5.41) is 1.27. The van der Waals surface area contributed by atoms with Gasteiger partial charge in [-0.15, -0.1) is 0 Å². The quantitative estimate of drug-likeness (QED) is 0.752. The molecule has 0 aliphatic carbocycles. The van der Waals surface area contributed by atoms with E-state index in [0.29, 0.717) is 16.7 Å². The van der Waals surface area contributed by atoms with Gasteiger partial charge in [0.05, 0.1) is 0 Å². The maximum Gasteiger partial charge on any atom is 0.125 e. The van der Waals surface area contributed by atoms with Crippen LogP contribution in [0.5, 0.6) is 5.75 Å². The Labute approximate surface area is 117 Å². The minimum Gasteiger partial charge on any atom is -0.488 e. The van der Waals surface area contributed by atoms with Gasteiger partial charge in [0.1, 0.15) is 12.4 Å². The fraction of sp³-hybridized carbons (Fsp3) is 0.200. The largest absolute Gasteiger partial charge is 0.488 e. The van der Waals surface area contributed by atoms with Crippen molar-refractivity contribution in [3.8, 4) is 5.75 Å². The highest BCUT2D eigenvalue weighted by atomic mass is 35.5. The maximum absolute atomic E-state index is 6.11. The predicted molar refractivity (Wildman–Crippen MR) is 76.7 cm³/mol. The summed E-state index contributed by atoms with van der Waals surface area (Å²) in [6, 6.07) is 11.5. The average molecular weight is 281 g/mol. The van der Waals surface area contributed by atoms with E-state index < -0.39 is 0 Å². The summed E-state index contributed by atoms with van der Waals surface area (Å²) >= 11 is 12.2. The molecule has 0 spiro atoms. The number of hydrogen-bond donors (Lipinski definition) is 0. The van der Waals surface area contributed by atoms with E-state index in [1.807, 2.05) is 50.2 Å². The van der Waals surface area contributed by atoms with Crippen molar-refractivity contribution >= 4 is 23.2 Å². The predicted octanol–water partition coefficient (Wildman–Crippen LogP) is 5.19.